The minimum atomic E-state index is -0.969. The summed E-state index contributed by atoms with van der Waals surface area (Å²) in [4.78, 5) is 18.7. The Bertz CT molecular complexity index is 729. The molecular formula is C13H12N4O4. The molecule has 21 heavy (non-hydrogen) atoms. The number of rotatable bonds is 6. The number of carbonyl (C=O) groups is 1. The predicted molar refractivity (Wildman–Crippen MR) is 68.5 cm³/mol. The van der Waals surface area contributed by atoms with Crippen molar-refractivity contribution < 1.29 is 18.7 Å². The van der Waals surface area contributed by atoms with Crippen LogP contribution in [0.15, 0.2) is 40.1 Å². The molecular weight excluding hydrogens is 276 g/mol. The highest BCUT2D eigenvalue weighted by Gasteiger charge is 2.10. The highest BCUT2D eigenvalue weighted by atomic mass is 16.4. The largest absolute Gasteiger partial charge is 0.481 e. The Kier molecular flexibility index (Phi) is 3.50. The van der Waals surface area contributed by atoms with Crippen LogP contribution in [0.25, 0.3) is 0 Å². The SMILES string of the molecule is O=C(O)Cc1nc(Cc2cnn(Cc3cocn3)c2)co1. The van der Waals surface area contributed by atoms with Crippen LogP contribution in [0.3, 0.4) is 0 Å². The molecule has 108 valence electrons. The summed E-state index contributed by atoms with van der Waals surface area (Å²) in [7, 11) is 0. The van der Waals surface area contributed by atoms with Crippen molar-refractivity contribution in [3.8, 4) is 0 Å². The third-order valence-electron chi connectivity index (χ3n) is 2.78. The molecule has 3 aromatic heterocycles. The summed E-state index contributed by atoms with van der Waals surface area (Å²) in [6.45, 7) is 0.527. The highest BCUT2D eigenvalue weighted by Crippen LogP contribution is 2.10. The van der Waals surface area contributed by atoms with Crippen LogP contribution in [0, 0.1) is 0 Å². The number of oxazole rings is 2. The summed E-state index contributed by atoms with van der Waals surface area (Å²) in [6.07, 6.45) is 8.32. The van der Waals surface area contributed by atoms with Gasteiger partial charge in [-0.2, -0.15) is 5.10 Å². The molecule has 0 bridgehead atoms. The number of aromatic nitrogens is 4. The quantitative estimate of drug-likeness (QED) is 0.724. The lowest BCUT2D eigenvalue weighted by Crippen LogP contribution is -2.00. The maximum Gasteiger partial charge on any atom is 0.312 e. The zero-order valence-corrected chi connectivity index (χ0v) is 11.0. The van der Waals surface area contributed by atoms with Gasteiger partial charge >= 0.3 is 5.97 Å². The molecule has 3 rings (SSSR count). The van der Waals surface area contributed by atoms with E-state index in [0.717, 1.165) is 11.3 Å². The van der Waals surface area contributed by atoms with Crippen LogP contribution in [0.1, 0.15) is 22.8 Å². The first kappa shape index (κ1) is 13.1. The zero-order chi connectivity index (χ0) is 14.7. The second kappa shape index (κ2) is 5.61. The molecule has 1 N–H and O–H groups in total. The Labute approximate surface area is 119 Å². The van der Waals surface area contributed by atoms with Crippen LogP contribution >= 0.6 is 0 Å². The lowest BCUT2D eigenvalue weighted by molar-refractivity contribution is -0.136. The molecule has 0 saturated carbocycles. The fourth-order valence-electron chi connectivity index (χ4n) is 1.92. The molecule has 0 atom stereocenters. The Hall–Kier alpha value is -2.90. The number of hydrogen-bond acceptors (Lipinski definition) is 6. The average Bonchev–Trinajstić information content (AvgIpc) is 3.14. The molecule has 8 nitrogen and oxygen atoms in total. The summed E-state index contributed by atoms with van der Waals surface area (Å²) in [6, 6.07) is 0. The van der Waals surface area contributed by atoms with Gasteiger partial charge < -0.3 is 13.9 Å². The molecule has 0 radical (unpaired) electrons. The van der Waals surface area contributed by atoms with Gasteiger partial charge in [-0.1, -0.05) is 0 Å². The van der Waals surface area contributed by atoms with Crippen molar-refractivity contribution in [1.29, 1.82) is 0 Å². The van der Waals surface area contributed by atoms with E-state index in [9.17, 15) is 4.79 Å². The Morgan fingerprint density at radius 3 is 3.00 bits per heavy atom. The Morgan fingerprint density at radius 1 is 1.33 bits per heavy atom. The zero-order valence-electron chi connectivity index (χ0n) is 11.0. The van der Waals surface area contributed by atoms with Gasteiger partial charge in [0.1, 0.15) is 24.6 Å². The molecule has 8 heteroatoms. The van der Waals surface area contributed by atoms with E-state index in [2.05, 4.69) is 15.1 Å². The minimum Gasteiger partial charge on any atom is -0.481 e. The van der Waals surface area contributed by atoms with E-state index in [1.807, 2.05) is 6.20 Å². The average molecular weight is 288 g/mol. The Balaban J connectivity index is 1.64. The summed E-state index contributed by atoms with van der Waals surface area (Å²) >= 11 is 0. The standard InChI is InChI=1S/C13H12N4O4/c18-13(19)2-12-16-10(7-21-12)1-9-3-15-17(4-9)5-11-6-20-8-14-11/h3-4,6-8H,1-2,5H2,(H,18,19). The Morgan fingerprint density at radius 2 is 2.24 bits per heavy atom. The van der Waals surface area contributed by atoms with Gasteiger partial charge in [0.05, 0.1) is 18.4 Å². The third-order valence-corrected chi connectivity index (χ3v) is 2.78. The van der Waals surface area contributed by atoms with Gasteiger partial charge in [0.15, 0.2) is 6.39 Å². The van der Waals surface area contributed by atoms with Crippen LogP contribution < -0.4 is 0 Å². The summed E-state index contributed by atoms with van der Waals surface area (Å²) in [5.41, 5.74) is 2.41. The van der Waals surface area contributed by atoms with Gasteiger partial charge in [-0.15, -0.1) is 0 Å². The number of aliphatic carboxylic acids is 1. The van der Waals surface area contributed by atoms with Gasteiger partial charge in [-0.25, -0.2) is 9.97 Å². The van der Waals surface area contributed by atoms with Crippen molar-refractivity contribution in [2.75, 3.05) is 0 Å². The van der Waals surface area contributed by atoms with E-state index in [0.29, 0.717) is 18.7 Å². The molecule has 0 spiro atoms. The van der Waals surface area contributed by atoms with E-state index >= 15 is 0 Å². The van der Waals surface area contributed by atoms with Gasteiger partial charge in [-0.3, -0.25) is 9.48 Å². The minimum absolute atomic E-state index is 0.201. The molecule has 0 fully saturated rings. The molecule has 3 aromatic rings. The van der Waals surface area contributed by atoms with E-state index in [1.54, 1.807) is 17.1 Å². The van der Waals surface area contributed by atoms with E-state index in [-0.39, 0.29) is 12.3 Å². The predicted octanol–water partition coefficient (Wildman–Crippen LogP) is 1.13. The molecule has 0 saturated heterocycles. The number of nitrogens with zero attached hydrogens (tertiary/aromatic N) is 4. The van der Waals surface area contributed by atoms with Crippen molar-refractivity contribution in [3.63, 3.8) is 0 Å². The first-order valence-corrected chi connectivity index (χ1v) is 6.22. The monoisotopic (exact) mass is 288 g/mol. The molecule has 0 aliphatic carbocycles. The molecule has 0 unspecified atom stereocenters. The fraction of sp³-hybridized carbons (Fsp3) is 0.231. The van der Waals surface area contributed by atoms with Crippen LogP contribution in [0.2, 0.25) is 0 Å². The van der Waals surface area contributed by atoms with Gasteiger partial charge in [-0.05, 0) is 5.56 Å². The lowest BCUT2D eigenvalue weighted by Gasteiger charge is -1.95. The summed E-state index contributed by atoms with van der Waals surface area (Å²) in [5, 5.41) is 12.9. The van der Waals surface area contributed by atoms with Crippen molar-refractivity contribution in [2.45, 2.75) is 19.4 Å². The number of carboxylic acid groups (broad SMARTS) is 1. The normalized spacial score (nSPS) is 10.9. The summed E-state index contributed by atoms with van der Waals surface area (Å²) < 4.78 is 11.7. The van der Waals surface area contributed by atoms with Crippen molar-refractivity contribution in [2.24, 2.45) is 0 Å². The highest BCUT2D eigenvalue weighted by molar-refractivity contribution is 5.68. The van der Waals surface area contributed by atoms with Crippen LogP contribution in [-0.4, -0.2) is 30.8 Å². The number of hydrogen-bond donors (Lipinski definition) is 1. The topological polar surface area (TPSA) is 107 Å². The van der Waals surface area contributed by atoms with Crippen LogP contribution in [0.5, 0.6) is 0 Å². The van der Waals surface area contributed by atoms with Crippen molar-refractivity contribution in [3.05, 3.63) is 54.2 Å². The maximum atomic E-state index is 10.6. The number of carboxylic acids is 1. The molecule has 0 aliphatic heterocycles. The van der Waals surface area contributed by atoms with E-state index in [1.165, 1.54) is 12.7 Å². The van der Waals surface area contributed by atoms with Gasteiger partial charge in [0, 0.05) is 12.6 Å². The van der Waals surface area contributed by atoms with Crippen LogP contribution in [0.4, 0.5) is 0 Å². The van der Waals surface area contributed by atoms with Crippen molar-refractivity contribution in [1.82, 2.24) is 19.7 Å². The third kappa shape index (κ3) is 3.35. The lowest BCUT2D eigenvalue weighted by atomic mass is 10.2. The van der Waals surface area contributed by atoms with Gasteiger partial charge in [0.2, 0.25) is 5.89 Å². The van der Waals surface area contributed by atoms with Crippen molar-refractivity contribution >= 4 is 5.97 Å². The second-order valence-electron chi connectivity index (χ2n) is 4.51. The van der Waals surface area contributed by atoms with Gasteiger partial charge in [0.25, 0.3) is 0 Å². The smallest absolute Gasteiger partial charge is 0.312 e. The maximum absolute atomic E-state index is 10.6. The second-order valence-corrected chi connectivity index (χ2v) is 4.51. The molecule has 0 aliphatic rings. The van der Waals surface area contributed by atoms with E-state index < -0.39 is 5.97 Å². The van der Waals surface area contributed by atoms with Crippen LogP contribution in [-0.2, 0) is 24.2 Å². The van der Waals surface area contributed by atoms with E-state index in [4.69, 9.17) is 13.9 Å². The fourth-order valence-corrected chi connectivity index (χ4v) is 1.92. The first-order chi connectivity index (χ1) is 10.2. The molecule has 0 amide bonds. The molecule has 3 heterocycles. The first-order valence-electron chi connectivity index (χ1n) is 6.22. The summed E-state index contributed by atoms with van der Waals surface area (Å²) in [5.74, 6) is -0.767. The molecule has 0 aromatic carbocycles.